The van der Waals surface area contributed by atoms with Crippen LogP contribution in [-0.2, 0) is 16.1 Å². The first kappa shape index (κ1) is 21.1. The quantitative estimate of drug-likeness (QED) is 0.641. The van der Waals surface area contributed by atoms with Crippen LogP contribution >= 0.6 is 0 Å². The third-order valence-corrected chi connectivity index (χ3v) is 3.60. The number of carboxylic acid groups (broad SMARTS) is 1. The van der Waals surface area contributed by atoms with Crippen molar-refractivity contribution in [2.24, 2.45) is 0 Å². The van der Waals surface area contributed by atoms with Crippen molar-refractivity contribution >= 4 is 17.7 Å². The van der Waals surface area contributed by atoms with E-state index < -0.39 is 23.7 Å². The SMILES string of the molecule is CC(C)(C)OC(=O)NC(CNc1ccc(OCc2ccccc2)cc1)C(=O)O. The molecule has 1 amide bonds. The number of anilines is 1. The van der Waals surface area contributed by atoms with E-state index in [2.05, 4.69) is 10.6 Å². The average molecular weight is 386 g/mol. The Labute approximate surface area is 164 Å². The maximum atomic E-state index is 11.8. The lowest BCUT2D eigenvalue weighted by molar-refractivity contribution is -0.139. The zero-order chi connectivity index (χ0) is 20.6. The summed E-state index contributed by atoms with van der Waals surface area (Å²) in [4.78, 5) is 23.1. The van der Waals surface area contributed by atoms with E-state index in [1.807, 2.05) is 30.3 Å². The zero-order valence-corrected chi connectivity index (χ0v) is 16.3. The number of rotatable bonds is 8. The highest BCUT2D eigenvalue weighted by Gasteiger charge is 2.23. The van der Waals surface area contributed by atoms with Gasteiger partial charge in [0.2, 0.25) is 0 Å². The largest absolute Gasteiger partial charge is 0.489 e. The van der Waals surface area contributed by atoms with Gasteiger partial charge in [-0.05, 0) is 50.6 Å². The highest BCUT2D eigenvalue weighted by molar-refractivity contribution is 5.80. The Balaban J connectivity index is 1.84. The molecular weight excluding hydrogens is 360 g/mol. The van der Waals surface area contributed by atoms with Gasteiger partial charge in [0.25, 0.3) is 0 Å². The molecule has 0 aliphatic carbocycles. The molecule has 1 unspecified atom stereocenters. The van der Waals surface area contributed by atoms with Gasteiger partial charge in [0.05, 0.1) is 0 Å². The summed E-state index contributed by atoms with van der Waals surface area (Å²) in [6, 6.07) is 15.9. The molecule has 7 heteroatoms. The molecule has 0 saturated carbocycles. The van der Waals surface area contributed by atoms with Gasteiger partial charge in [0, 0.05) is 12.2 Å². The summed E-state index contributed by atoms with van der Waals surface area (Å²) in [5.41, 5.74) is 1.09. The van der Waals surface area contributed by atoms with E-state index in [4.69, 9.17) is 9.47 Å². The summed E-state index contributed by atoms with van der Waals surface area (Å²) in [5.74, 6) is -0.447. The molecule has 150 valence electrons. The molecule has 28 heavy (non-hydrogen) atoms. The number of amides is 1. The molecule has 0 fully saturated rings. The molecule has 0 bridgehead atoms. The lowest BCUT2D eigenvalue weighted by Crippen LogP contribution is -2.47. The van der Waals surface area contributed by atoms with Crippen molar-refractivity contribution in [2.45, 2.75) is 39.0 Å². The van der Waals surface area contributed by atoms with Gasteiger partial charge in [0.15, 0.2) is 0 Å². The Hall–Kier alpha value is -3.22. The van der Waals surface area contributed by atoms with E-state index in [1.54, 1.807) is 45.0 Å². The van der Waals surface area contributed by atoms with E-state index >= 15 is 0 Å². The summed E-state index contributed by atoms with van der Waals surface area (Å²) >= 11 is 0. The van der Waals surface area contributed by atoms with Gasteiger partial charge in [0.1, 0.15) is 24.0 Å². The molecule has 0 aliphatic heterocycles. The summed E-state index contributed by atoms with van der Waals surface area (Å²) in [7, 11) is 0. The van der Waals surface area contributed by atoms with E-state index in [-0.39, 0.29) is 6.54 Å². The molecule has 2 rings (SSSR count). The minimum absolute atomic E-state index is 0.0127. The van der Waals surface area contributed by atoms with Crippen LogP contribution in [0.25, 0.3) is 0 Å². The van der Waals surface area contributed by atoms with Gasteiger partial charge in [-0.2, -0.15) is 0 Å². The third kappa shape index (κ3) is 7.57. The Kier molecular flexibility index (Phi) is 7.26. The normalized spacial score (nSPS) is 12.0. The lowest BCUT2D eigenvalue weighted by Gasteiger charge is -2.22. The van der Waals surface area contributed by atoms with Crippen molar-refractivity contribution in [3.63, 3.8) is 0 Å². The molecule has 0 saturated heterocycles. The first-order chi connectivity index (χ1) is 13.2. The number of hydrogen-bond donors (Lipinski definition) is 3. The minimum atomic E-state index is -1.15. The molecule has 0 spiro atoms. The van der Waals surface area contributed by atoms with Crippen LogP contribution in [0.15, 0.2) is 54.6 Å². The van der Waals surface area contributed by atoms with Crippen molar-refractivity contribution in [3.8, 4) is 5.75 Å². The third-order valence-electron chi connectivity index (χ3n) is 3.60. The van der Waals surface area contributed by atoms with E-state index in [0.29, 0.717) is 18.0 Å². The van der Waals surface area contributed by atoms with Gasteiger partial charge in [-0.1, -0.05) is 30.3 Å². The smallest absolute Gasteiger partial charge is 0.408 e. The Morgan fingerprint density at radius 2 is 1.68 bits per heavy atom. The number of nitrogens with one attached hydrogen (secondary N) is 2. The number of ether oxygens (including phenoxy) is 2. The Morgan fingerprint density at radius 3 is 2.25 bits per heavy atom. The fourth-order valence-electron chi connectivity index (χ4n) is 2.28. The summed E-state index contributed by atoms with van der Waals surface area (Å²) in [5, 5.41) is 14.6. The van der Waals surface area contributed by atoms with E-state index in [9.17, 15) is 14.7 Å². The van der Waals surface area contributed by atoms with E-state index in [1.165, 1.54) is 0 Å². The number of carboxylic acids is 1. The van der Waals surface area contributed by atoms with Crippen LogP contribution in [0, 0.1) is 0 Å². The van der Waals surface area contributed by atoms with Crippen molar-refractivity contribution in [1.82, 2.24) is 5.32 Å². The second-order valence-electron chi connectivity index (χ2n) is 7.22. The summed E-state index contributed by atoms with van der Waals surface area (Å²) in [6.07, 6.45) is -0.772. The molecule has 0 aliphatic rings. The molecule has 0 heterocycles. The van der Waals surface area contributed by atoms with Gasteiger partial charge >= 0.3 is 12.1 Å². The highest BCUT2D eigenvalue weighted by atomic mass is 16.6. The van der Waals surface area contributed by atoms with Gasteiger partial charge in [-0.25, -0.2) is 9.59 Å². The fourth-order valence-corrected chi connectivity index (χ4v) is 2.28. The highest BCUT2D eigenvalue weighted by Crippen LogP contribution is 2.17. The predicted octanol–water partition coefficient (Wildman–Crippen LogP) is 3.66. The number of alkyl carbamates (subject to hydrolysis) is 1. The second kappa shape index (κ2) is 9.64. The number of benzene rings is 2. The molecule has 1 atom stereocenters. The fraction of sp³-hybridized carbons (Fsp3) is 0.333. The van der Waals surface area contributed by atoms with Crippen molar-refractivity contribution in [1.29, 1.82) is 0 Å². The molecule has 3 N–H and O–H groups in total. The maximum absolute atomic E-state index is 11.8. The second-order valence-corrected chi connectivity index (χ2v) is 7.22. The summed E-state index contributed by atoms with van der Waals surface area (Å²) < 4.78 is 10.8. The maximum Gasteiger partial charge on any atom is 0.408 e. The van der Waals surface area contributed by atoms with Crippen LogP contribution < -0.4 is 15.4 Å². The standard InChI is InChI=1S/C21H26N2O5/c1-21(2,3)28-20(26)23-18(19(24)25)13-22-16-9-11-17(12-10-16)27-14-15-7-5-4-6-8-15/h4-12,18,22H,13-14H2,1-3H3,(H,23,26)(H,24,25). The van der Waals surface area contributed by atoms with Crippen LogP contribution in [0.4, 0.5) is 10.5 Å². The van der Waals surface area contributed by atoms with Crippen LogP contribution in [0.1, 0.15) is 26.3 Å². The van der Waals surface area contributed by atoms with Crippen LogP contribution in [0.3, 0.4) is 0 Å². The van der Waals surface area contributed by atoms with Gasteiger partial charge in [-0.3, -0.25) is 0 Å². The zero-order valence-electron chi connectivity index (χ0n) is 16.3. The van der Waals surface area contributed by atoms with Crippen molar-refractivity contribution < 1.29 is 24.2 Å². The minimum Gasteiger partial charge on any atom is -0.489 e. The average Bonchev–Trinajstić information content (AvgIpc) is 2.63. The molecule has 7 nitrogen and oxygen atoms in total. The molecule has 0 radical (unpaired) electrons. The van der Waals surface area contributed by atoms with Gasteiger partial charge in [-0.15, -0.1) is 0 Å². The topological polar surface area (TPSA) is 96.9 Å². The Morgan fingerprint density at radius 1 is 1.04 bits per heavy atom. The number of hydrogen-bond acceptors (Lipinski definition) is 5. The number of aliphatic carboxylic acids is 1. The van der Waals surface area contributed by atoms with Crippen LogP contribution in [0.2, 0.25) is 0 Å². The molecule has 2 aromatic carbocycles. The van der Waals surface area contributed by atoms with Crippen molar-refractivity contribution in [2.75, 3.05) is 11.9 Å². The molecule has 2 aromatic rings. The van der Waals surface area contributed by atoms with E-state index in [0.717, 1.165) is 5.56 Å². The Bertz CT molecular complexity index is 770. The first-order valence-corrected chi connectivity index (χ1v) is 8.96. The summed E-state index contributed by atoms with van der Waals surface area (Å²) in [6.45, 7) is 5.61. The van der Waals surface area contributed by atoms with Crippen LogP contribution in [0.5, 0.6) is 5.75 Å². The number of carbonyl (C=O) groups excluding carboxylic acids is 1. The molecule has 0 aromatic heterocycles. The monoisotopic (exact) mass is 386 g/mol. The van der Waals surface area contributed by atoms with Crippen LogP contribution in [-0.4, -0.2) is 35.4 Å². The predicted molar refractivity (Wildman–Crippen MR) is 106 cm³/mol. The lowest BCUT2D eigenvalue weighted by atomic mass is 10.2. The van der Waals surface area contributed by atoms with Gasteiger partial charge < -0.3 is 25.2 Å². The number of carbonyl (C=O) groups is 2. The molecular formula is C21H26N2O5. The first-order valence-electron chi connectivity index (χ1n) is 8.96. The van der Waals surface area contributed by atoms with Crippen molar-refractivity contribution in [3.05, 3.63) is 60.2 Å².